The number of piperazine rings is 1. The molecule has 0 radical (unpaired) electrons. The van der Waals surface area contributed by atoms with Crippen molar-refractivity contribution in [2.45, 2.75) is 6.54 Å². The topological polar surface area (TPSA) is 71.1 Å². The summed E-state index contributed by atoms with van der Waals surface area (Å²) in [7, 11) is 1.30. The predicted octanol–water partition coefficient (Wildman–Crippen LogP) is 4.47. The van der Waals surface area contributed by atoms with Crippen LogP contribution >= 0.6 is 11.6 Å². The van der Waals surface area contributed by atoms with Gasteiger partial charge in [-0.1, -0.05) is 41.9 Å². The molecule has 0 atom stereocenters. The fourth-order valence-electron chi connectivity index (χ4n) is 3.96. The molecular weight excluding hydrogens is 466 g/mol. The molecule has 0 saturated carbocycles. The molecule has 7 nitrogen and oxygen atoms in total. The van der Waals surface area contributed by atoms with Gasteiger partial charge in [0.2, 0.25) is 0 Å². The summed E-state index contributed by atoms with van der Waals surface area (Å²) in [4.78, 5) is 28.7. The molecule has 3 aromatic rings. The molecule has 1 aliphatic rings. The molecule has 0 bridgehead atoms. The first-order valence-corrected chi connectivity index (χ1v) is 11.8. The lowest BCUT2D eigenvalue weighted by Crippen LogP contribution is -2.45. The van der Waals surface area contributed by atoms with E-state index in [1.165, 1.54) is 30.9 Å². The van der Waals surface area contributed by atoms with Gasteiger partial charge in [0.15, 0.2) is 6.61 Å². The number of nitrogens with one attached hydrogen (secondary N) is 1. The van der Waals surface area contributed by atoms with Gasteiger partial charge < -0.3 is 19.7 Å². The lowest BCUT2D eigenvalue weighted by molar-refractivity contribution is -0.118. The van der Waals surface area contributed by atoms with Crippen molar-refractivity contribution in [3.05, 3.63) is 88.9 Å². The third-order valence-corrected chi connectivity index (χ3v) is 6.14. The van der Waals surface area contributed by atoms with Crippen LogP contribution < -0.4 is 15.0 Å². The van der Waals surface area contributed by atoms with Gasteiger partial charge >= 0.3 is 5.97 Å². The van der Waals surface area contributed by atoms with E-state index in [4.69, 9.17) is 16.3 Å². The Morgan fingerprint density at radius 2 is 1.66 bits per heavy atom. The second-order valence-electron chi connectivity index (χ2n) is 8.27. The third kappa shape index (κ3) is 6.74. The first-order chi connectivity index (χ1) is 17.0. The molecule has 35 heavy (non-hydrogen) atoms. The average molecular weight is 494 g/mol. The molecule has 4 rings (SSSR count). The van der Waals surface area contributed by atoms with Gasteiger partial charge in [-0.15, -0.1) is 0 Å². The van der Waals surface area contributed by atoms with Crippen LogP contribution in [-0.4, -0.2) is 56.7 Å². The van der Waals surface area contributed by atoms with Crippen molar-refractivity contribution in [2.24, 2.45) is 0 Å². The molecule has 1 amide bonds. The smallest absolute Gasteiger partial charge is 0.337 e. The molecule has 8 heteroatoms. The van der Waals surface area contributed by atoms with Gasteiger partial charge in [0.05, 0.1) is 17.7 Å². The number of hydrogen-bond donors (Lipinski definition) is 1. The Morgan fingerprint density at radius 3 is 2.31 bits per heavy atom. The number of benzene rings is 3. The van der Waals surface area contributed by atoms with Crippen molar-refractivity contribution in [1.82, 2.24) is 4.90 Å². The molecule has 1 heterocycles. The highest BCUT2D eigenvalue weighted by Gasteiger charge is 2.17. The normalized spacial score (nSPS) is 13.8. The lowest BCUT2D eigenvalue weighted by atomic mass is 10.2. The average Bonchev–Trinajstić information content (AvgIpc) is 2.89. The molecule has 1 saturated heterocycles. The number of esters is 1. The Balaban J connectivity index is 1.23. The van der Waals surface area contributed by atoms with Crippen LogP contribution in [0.15, 0.2) is 72.8 Å². The Kier molecular flexibility index (Phi) is 8.23. The first kappa shape index (κ1) is 24.6. The minimum absolute atomic E-state index is 0.206. The summed E-state index contributed by atoms with van der Waals surface area (Å²) >= 11 is 6.14. The Labute approximate surface area is 210 Å². The van der Waals surface area contributed by atoms with E-state index in [0.717, 1.165) is 38.4 Å². The van der Waals surface area contributed by atoms with Crippen LogP contribution in [0.4, 0.5) is 11.4 Å². The van der Waals surface area contributed by atoms with Gasteiger partial charge in [0.1, 0.15) is 5.75 Å². The van der Waals surface area contributed by atoms with E-state index < -0.39 is 5.97 Å². The van der Waals surface area contributed by atoms with Crippen LogP contribution in [0.25, 0.3) is 0 Å². The minimum Gasteiger partial charge on any atom is -0.482 e. The second kappa shape index (κ2) is 11.7. The summed E-state index contributed by atoms with van der Waals surface area (Å²) in [6.07, 6.45) is 0. The molecule has 3 aromatic carbocycles. The standard InChI is InChI=1S/C27H28ClN3O4/c1-34-27(33)21-7-12-25(24(28)17-21)35-19-26(32)29-22-8-10-23(11-9-22)31-15-13-30(14-16-31)18-20-5-3-2-4-6-20/h2-12,17H,13-16,18-19H2,1H3,(H,29,32). The fourth-order valence-corrected chi connectivity index (χ4v) is 4.20. The quantitative estimate of drug-likeness (QED) is 0.467. The van der Waals surface area contributed by atoms with Crippen LogP contribution in [0.5, 0.6) is 5.75 Å². The molecular formula is C27H28ClN3O4. The molecule has 182 valence electrons. The summed E-state index contributed by atoms with van der Waals surface area (Å²) in [6.45, 7) is 4.70. The molecule has 1 N–H and O–H groups in total. The number of nitrogens with zero attached hydrogens (tertiary/aromatic N) is 2. The van der Waals surface area contributed by atoms with Gasteiger partial charge in [-0.2, -0.15) is 0 Å². The zero-order chi connectivity index (χ0) is 24.6. The fraction of sp³-hybridized carbons (Fsp3) is 0.259. The van der Waals surface area contributed by atoms with E-state index in [-0.39, 0.29) is 17.5 Å². The highest BCUT2D eigenvalue weighted by atomic mass is 35.5. The highest BCUT2D eigenvalue weighted by Crippen LogP contribution is 2.26. The maximum atomic E-state index is 12.3. The summed E-state index contributed by atoms with van der Waals surface area (Å²) in [5, 5.41) is 3.06. The zero-order valence-electron chi connectivity index (χ0n) is 19.6. The molecule has 0 aromatic heterocycles. The highest BCUT2D eigenvalue weighted by molar-refractivity contribution is 6.32. The second-order valence-corrected chi connectivity index (χ2v) is 8.68. The van der Waals surface area contributed by atoms with Crippen LogP contribution in [0.1, 0.15) is 15.9 Å². The first-order valence-electron chi connectivity index (χ1n) is 11.4. The van der Waals surface area contributed by atoms with E-state index in [9.17, 15) is 9.59 Å². The number of rotatable bonds is 8. The van der Waals surface area contributed by atoms with E-state index in [0.29, 0.717) is 17.0 Å². The molecule has 0 spiro atoms. The van der Waals surface area contributed by atoms with Crippen molar-refractivity contribution in [3.8, 4) is 5.75 Å². The third-order valence-electron chi connectivity index (χ3n) is 5.85. The number of methoxy groups -OCH3 is 1. The summed E-state index contributed by atoms with van der Waals surface area (Å²) in [6, 6.07) is 22.9. The van der Waals surface area contributed by atoms with Crippen molar-refractivity contribution in [2.75, 3.05) is 50.1 Å². The van der Waals surface area contributed by atoms with E-state index >= 15 is 0 Å². The summed E-state index contributed by atoms with van der Waals surface area (Å²) in [5.41, 5.74) is 3.48. The predicted molar refractivity (Wildman–Crippen MR) is 137 cm³/mol. The largest absolute Gasteiger partial charge is 0.482 e. The van der Waals surface area contributed by atoms with Gasteiger partial charge in [-0.25, -0.2) is 4.79 Å². The van der Waals surface area contributed by atoms with Crippen LogP contribution in [0.2, 0.25) is 5.02 Å². The number of carbonyl (C=O) groups excluding carboxylic acids is 2. The maximum absolute atomic E-state index is 12.3. The summed E-state index contributed by atoms with van der Waals surface area (Å²) < 4.78 is 10.2. The molecule has 0 aliphatic carbocycles. The van der Waals surface area contributed by atoms with E-state index in [2.05, 4.69) is 44.1 Å². The SMILES string of the molecule is COC(=O)c1ccc(OCC(=O)Nc2ccc(N3CCN(Cc4ccccc4)CC3)cc2)c(Cl)c1. The minimum atomic E-state index is -0.492. The van der Waals surface area contributed by atoms with Crippen LogP contribution in [0, 0.1) is 0 Å². The van der Waals surface area contributed by atoms with Gasteiger partial charge in [-0.3, -0.25) is 9.69 Å². The van der Waals surface area contributed by atoms with Crippen molar-refractivity contribution >= 4 is 34.9 Å². The Hall–Kier alpha value is -3.55. The van der Waals surface area contributed by atoms with Gasteiger partial charge in [0, 0.05) is 44.1 Å². The molecule has 1 fully saturated rings. The van der Waals surface area contributed by atoms with Crippen molar-refractivity contribution in [1.29, 1.82) is 0 Å². The Morgan fingerprint density at radius 1 is 0.943 bits per heavy atom. The van der Waals surface area contributed by atoms with Crippen molar-refractivity contribution in [3.63, 3.8) is 0 Å². The number of carbonyl (C=O) groups is 2. The van der Waals surface area contributed by atoms with Gasteiger partial charge in [0.25, 0.3) is 5.91 Å². The number of amides is 1. The van der Waals surface area contributed by atoms with Crippen LogP contribution in [-0.2, 0) is 16.1 Å². The lowest BCUT2D eigenvalue weighted by Gasteiger charge is -2.36. The number of hydrogen-bond acceptors (Lipinski definition) is 6. The van der Waals surface area contributed by atoms with E-state index in [1.807, 2.05) is 30.3 Å². The Bertz CT molecular complexity index is 1150. The van der Waals surface area contributed by atoms with Crippen LogP contribution in [0.3, 0.4) is 0 Å². The van der Waals surface area contributed by atoms with E-state index in [1.54, 1.807) is 0 Å². The molecule has 1 aliphatic heterocycles. The molecule has 0 unspecified atom stereocenters. The zero-order valence-corrected chi connectivity index (χ0v) is 20.3. The van der Waals surface area contributed by atoms with Crippen molar-refractivity contribution < 1.29 is 19.1 Å². The maximum Gasteiger partial charge on any atom is 0.337 e. The van der Waals surface area contributed by atoms with Gasteiger partial charge in [-0.05, 0) is 48.0 Å². The monoisotopic (exact) mass is 493 g/mol. The number of halogens is 1. The summed E-state index contributed by atoms with van der Waals surface area (Å²) in [5.74, 6) is -0.481. The number of ether oxygens (including phenoxy) is 2. The number of anilines is 2.